The Morgan fingerprint density at radius 3 is 1.05 bits per heavy atom. The van der Waals surface area contributed by atoms with E-state index in [1.165, 1.54) is 77.2 Å². The van der Waals surface area contributed by atoms with Crippen LogP contribution < -0.4 is 0 Å². The van der Waals surface area contributed by atoms with Gasteiger partial charge in [-0.3, -0.25) is 0 Å². The third-order valence-electron chi connectivity index (χ3n) is 10.5. The van der Waals surface area contributed by atoms with Gasteiger partial charge in [0.05, 0.1) is 0 Å². The van der Waals surface area contributed by atoms with E-state index in [2.05, 4.69) is 211 Å². The zero-order valence-electron chi connectivity index (χ0n) is 33.5. The third kappa shape index (κ3) is 10.8. The number of rotatable bonds is 8. The standard InChI is InChI=1S/2C25H23.C2H6Si.2ClH.Zr/c2*1-3-18(2)23-15-14-21-16-22(19-10-6-4-7-11-19)17-24(21)25(23)20-12-8-5-9-13-20;1-3-2;;;/h2*4-18H,3H2,1-2H3;1-2H3;2*1H;/q2*-1;;;;+4/p-2. The van der Waals surface area contributed by atoms with Crippen LogP contribution in [0.4, 0.5) is 0 Å². The van der Waals surface area contributed by atoms with Gasteiger partial charge in [-0.05, 0) is 46.9 Å². The van der Waals surface area contributed by atoms with Crippen molar-refractivity contribution in [3.05, 3.63) is 181 Å². The normalized spacial score (nSPS) is 11.6. The molecule has 2 radical (unpaired) electrons. The maximum absolute atomic E-state index is 4.93. The summed E-state index contributed by atoms with van der Waals surface area (Å²) in [4.78, 5) is 0. The summed E-state index contributed by atoms with van der Waals surface area (Å²) in [6, 6.07) is 61.5. The molecule has 8 aromatic carbocycles. The second-order valence-electron chi connectivity index (χ2n) is 14.2. The van der Waals surface area contributed by atoms with Gasteiger partial charge in [0.2, 0.25) is 0 Å². The second-order valence-corrected chi connectivity index (χ2v) is 18.9. The molecule has 56 heavy (non-hydrogen) atoms. The van der Waals surface area contributed by atoms with Gasteiger partial charge in [-0.25, -0.2) is 0 Å². The van der Waals surface area contributed by atoms with E-state index in [1.54, 1.807) is 0 Å². The molecule has 4 heteroatoms. The molecule has 0 aliphatic carbocycles. The minimum atomic E-state index is -0.826. The number of hydrogen-bond acceptors (Lipinski definition) is 0. The Balaban J connectivity index is 0.000000188. The van der Waals surface area contributed by atoms with E-state index < -0.39 is 20.8 Å². The van der Waals surface area contributed by atoms with Crippen molar-refractivity contribution < 1.29 is 20.8 Å². The van der Waals surface area contributed by atoms with Crippen molar-refractivity contribution in [2.24, 2.45) is 0 Å². The van der Waals surface area contributed by atoms with Gasteiger partial charge < -0.3 is 0 Å². The van der Waals surface area contributed by atoms with Crippen molar-refractivity contribution in [3.8, 4) is 44.5 Å². The second kappa shape index (κ2) is 22.2. The Morgan fingerprint density at radius 2 is 0.768 bits per heavy atom. The van der Waals surface area contributed by atoms with E-state index in [1.807, 2.05) is 0 Å². The molecular weight excluding hydrogens is 815 g/mol. The Morgan fingerprint density at radius 1 is 0.482 bits per heavy atom. The van der Waals surface area contributed by atoms with Crippen LogP contribution in [0.15, 0.2) is 170 Å². The fraction of sp³-hybridized carbons (Fsp3) is 0.192. The average Bonchev–Trinajstić information content (AvgIpc) is 3.90. The van der Waals surface area contributed by atoms with Crippen LogP contribution in [0.3, 0.4) is 0 Å². The molecule has 2 atom stereocenters. The van der Waals surface area contributed by atoms with Crippen molar-refractivity contribution in [2.75, 3.05) is 0 Å². The van der Waals surface area contributed by atoms with E-state index in [0.717, 1.165) is 22.4 Å². The fourth-order valence-corrected chi connectivity index (χ4v) is 7.31. The van der Waals surface area contributed by atoms with Gasteiger partial charge in [0.15, 0.2) is 0 Å². The summed E-state index contributed by atoms with van der Waals surface area (Å²) in [5.41, 5.74) is 13.5. The molecule has 2 unspecified atom stereocenters. The van der Waals surface area contributed by atoms with E-state index in [-0.39, 0.29) is 0 Å². The van der Waals surface area contributed by atoms with Crippen LogP contribution in [0.5, 0.6) is 0 Å². The molecule has 0 saturated heterocycles. The summed E-state index contributed by atoms with van der Waals surface area (Å²) >= 11 is -0.826. The summed E-state index contributed by atoms with van der Waals surface area (Å²) in [5.74, 6) is 1.10. The Kier molecular flexibility index (Phi) is 17.2. The first-order valence-electron chi connectivity index (χ1n) is 19.6. The molecule has 0 N–H and O–H groups in total. The summed E-state index contributed by atoms with van der Waals surface area (Å²) in [7, 11) is 11.0. The van der Waals surface area contributed by atoms with Gasteiger partial charge in [0, 0.05) is 9.52 Å². The van der Waals surface area contributed by atoms with Gasteiger partial charge in [0.1, 0.15) is 0 Å². The molecule has 0 aromatic heterocycles. The zero-order chi connectivity index (χ0) is 39.9. The van der Waals surface area contributed by atoms with Gasteiger partial charge in [-0.2, -0.15) is 0 Å². The molecule has 0 spiro atoms. The van der Waals surface area contributed by atoms with Crippen molar-refractivity contribution in [2.45, 2.75) is 65.5 Å². The summed E-state index contributed by atoms with van der Waals surface area (Å²) < 4.78 is 0. The van der Waals surface area contributed by atoms with Crippen LogP contribution in [0.1, 0.15) is 63.5 Å². The monoisotopic (exact) mass is 864 g/mol. The fourth-order valence-electron chi connectivity index (χ4n) is 7.31. The van der Waals surface area contributed by atoms with E-state index in [9.17, 15) is 0 Å². The number of fused-ring (bicyclic) bond motifs is 2. The maximum atomic E-state index is 4.93. The first-order valence-corrected chi connectivity index (χ1v) is 27.9. The zero-order valence-corrected chi connectivity index (χ0v) is 38.5. The van der Waals surface area contributed by atoms with Gasteiger partial charge in [-0.15, -0.1) is 69.1 Å². The Labute approximate surface area is 357 Å². The van der Waals surface area contributed by atoms with Crippen LogP contribution in [0, 0.1) is 0 Å². The molecule has 282 valence electrons. The molecule has 0 saturated carbocycles. The quantitative estimate of drug-likeness (QED) is 0.105. The van der Waals surface area contributed by atoms with Gasteiger partial charge in [-0.1, -0.05) is 197 Å². The number of halogens is 2. The minimum absolute atomic E-state index is 0.551. The summed E-state index contributed by atoms with van der Waals surface area (Å²) in [6.07, 6.45) is 2.30. The first-order chi connectivity index (χ1) is 27.4. The molecule has 0 aliphatic heterocycles. The predicted octanol–water partition coefficient (Wildman–Crippen LogP) is 17.0. The van der Waals surface area contributed by atoms with Crippen molar-refractivity contribution in [1.29, 1.82) is 0 Å². The molecule has 0 fully saturated rings. The SMILES string of the molecule is CCC(C)c1ccc2[cH-]c(-c3ccccc3)cc2c1-c1ccccc1.CCC(C)c1ccc2[cH-]c(-c3ccccc3)cc2c1-c1ccccc1.C[Si]C.[Cl][Zr+2][Cl]. The Hall–Kier alpha value is -3.78. The predicted molar refractivity (Wildman–Crippen MR) is 247 cm³/mol. The van der Waals surface area contributed by atoms with Crippen molar-refractivity contribution in [1.82, 2.24) is 0 Å². The van der Waals surface area contributed by atoms with Crippen LogP contribution in [-0.4, -0.2) is 9.52 Å². The van der Waals surface area contributed by atoms with Gasteiger partial charge >= 0.3 is 37.9 Å². The number of hydrogen-bond donors (Lipinski definition) is 0. The van der Waals surface area contributed by atoms with E-state index in [0.29, 0.717) is 11.8 Å². The van der Waals surface area contributed by atoms with Crippen LogP contribution in [-0.2, 0) is 20.8 Å². The van der Waals surface area contributed by atoms with Crippen LogP contribution in [0.25, 0.3) is 66.1 Å². The summed E-state index contributed by atoms with van der Waals surface area (Å²) in [6.45, 7) is 13.5. The average molecular weight is 867 g/mol. The Bertz CT molecular complexity index is 2180. The molecule has 0 aliphatic rings. The topological polar surface area (TPSA) is 0 Å². The molecule has 0 heterocycles. The van der Waals surface area contributed by atoms with Crippen molar-refractivity contribution >= 4 is 48.1 Å². The number of benzene rings is 6. The molecule has 8 aromatic rings. The molecule has 0 nitrogen and oxygen atoms in total. The summed E-state index contributed by atoms with van der Waals surface area (Å²) in [5, 5.41) is 5.38. The molecule has 0 bridgehead atoms. The van der Waals surface area contributed by atoms with E-state index in [4.69, 9.17) is 17.0 Å². The van der Waals surface area contributed by atoms with Crippen LogP contribution in [0.2, 0.25) is 13.1 Å². The third-order valence-corrected chi connectivity index (χ3v) is 10.5. The molecular formula is C52H52Cl2SiZr. The van der Waals surface area contributed by atoms with Crippen molar-refractivity contribution in [3.63, 3.8) is 0 Å². The molecule has 0 amide bonds. The first kappa shape index (κ1) is 43.3. The van der Waals surface area contributed by atoms with E-state index >= 15 is 0 Å². The van der Waals surface area contributed by atoms with Gasteiger partial charge in [0.25, 0.3) is 0 Å². The molecule has 8 rings (SSSR count). The van der Waals surface area contributed by atoms with Crippen LogP contribution >= 0.6 is 17.0 Å².